The summed E-state index contributed by atoms with van der Waals surface area (Å²) in [5.41, 5.74) is 6.46. The number of allylic oxidation sites excluding steroid dienone is 6. The van der Waals surface area contributed by atoms with E-state index in [9.17, 15) is 5.11 Å². The fourth-order valence-electron chi connectivity index (χ4n) is 7.02. The van der Waals surface area contributed by atoms with Crippen molar-refractivity contribution in [3.63, 3.8) is 0 Å². The van der Waals surface area contributed by atoms with Crippen LogP contribution in [0.3, 0.4) is 0 Å². The van der Waals surface area contributed by atoms with Crippen molar-refractivity contribution in [3.05, 3.63) is 88.2 Å². The van der Waals surface area contributed by atoms with E-state index in [-0.39, 0.29) is 17.2 Å². The molecular formula is C42H51N3O3. The highest BCUT2D eigenvalue weighted by molar-refractivity contribution is 6.02. The Kier molecular flexibility index (Phi) is 10.2. The first-order valence-corrected chi connectivity index (χ1v) is 18.0. The quantitative estimate of drug-likeness (QED) is 0.176. The number of ether oxygens (including phenoxy) is 2. The third-order valence-corrected chi connectivity index (χ3v) is 10.4. The zero-order valence-corrected chi connectivity index (χ0v) is 29.6. The van der Waals surface area contributed by atoms with E-state index >= 15 is 0 Å². The summed E-state index contributed by atoms with van der Waals surface area (Å²) < 4.78 is 12.6. The fourth-order valence-corrected chi connectivity index (χ4v) is 7.02. The van der Waals surface area contributed by atoms with E-state index in [1.165, 1.54) is 46.7 Å². The SMILES string of the molecule is CC/C=C(\C)C(C)(C)COc1nc(C2=C(O)C=C(OCC(CC)CCCC)CC2)nc(-c2ccc3ccc4c5c3c2C=CC5CC=C4)n1. The average Bonchev–Trinajstić information content (AvgIpc) is 3.10. The van der Waals surface area contributed by atoms with Gasteiger partial charge in [-0.3, -0.25) is 0 Å². The molecule has 1 heterocycles. The van der Waals surface area contributed by atoms with Crippen LogP contribution in [0.25, 0.3) is 39.9 Å². The van der Waals surface area contributed by atoms with Gasteiger partial charge in [0.05, 0.1) is 12.4 Å². The molecule has 3 aliphatic carbocycles. The van der Waals surface area contributed by atoms with Gasteiger partial charge in [-0.05, 0) is 72.1 Å². The largest absolute Gasteiger partial charge is 0.507 e. The predicted octanol–water partition coefficient (Wildman–Crippen LogP) is 11.2. The summed E-state index contributed by atoms with van der Waals surface area (Å²) in [4.78, 5) is 14.8. The maximum atomic E-state index is 11.3. The smallest absolute Gasteiger partial charge is 0.320 e. The van der Waals surface area contributed by atoms with E-state index in [1.807, 2.05) is 0 Å². The van der Waals surface area contributed by atoms with Gasteiger partial charge in [0.1, 0.15) is 12.4 Å². The molecule has 6 rings (SSSR count). The molecule has 0 saturated carbocycles. The average molecular weight is 646 g/mol. The summed E-state index contributed by atoms with van der Waals surface area (Å²) >= 11 is 0. The Morgan fingerprint density at radius 3 is 2.60 bits per heavy atom. The maximum Gasteiger partial charge on any atom is 0.320 e. The lowest BCUT2D eigenvalue weighted by Crippen LogP contribution is -2.24. The van der Waals surface area contributed by atoms with Crippen LogP contribution in [-0.2, 0) is 4.74 Å². The lowest BCUT2D eigenvalue weighted by atomic mass is 9.78. The predicted molar refractivity (Wildman–Crippen MR) is 198 cm³/mol. The molecule has 3 aliphatic rings. The second kappa shape index (κ2) is 14.5. The topological polar surface area (TPSA) is 77.4 Å². The Labute approximate surface area is 286 Å². The van der Waals surface area contributed by atoms with Gasteiger partial charge >= 0.3 is 6.01 Å². The normalized spacial score (nSPS) is 17.9. The highest BCUT2D eigenvalue weighted by Gasteiger charge is 2.27. The zero-order valence-electron chi connectivity index (χ0n) is 29.6. The standard InChI is InChI=1S/C42H51N3O3/c1-7-10-13-28(9-3)25-47-32-20-23-35(36(46)24-32)40-43-39(44-41(45-40)48-26-42(5,6)27(4)12-8-2)34-22-19-31-17-16-29-14-11-15-30-18-21-33(34)38(31)37(29)30/h11-12,14,16-19,21-22,24,28,30,46H,7-10,13,15,20,23,25-26H2,1-6H3/b27-12+. The van der Waals surface area contributed by atoms with Crippen LogP contribution in [0.15, 0.2) is 65.7 Å². The Bertz CT molecular complexity index is 1830. The molecule has 6 nitrogen and oxygen atoms in total. The summed E-state index contributed by atoms with van der Waals surface area (Å²) in [6.07, 6.45) is 20.9. The van der Waals surface area contributed by atoms with Crippen LogP contribution >= 0.6 is 0 Å². The van der Waals surface area contributed by atoms with Gasteiger partial charge < -0.3 is 14.6 Å². The van der Waals surface area contributed by atoms with E-state index in [1.54, 1.807) is 6.08 Å². The molecule has 48 heavy (non-hydrogen) atoms. The van der Waals surface area contributed by atoms with E-state index < -0.39 is 0 Å². The molecule has 2 aromatic carbocycles. The number of hydrogen-bond acceptors (Lipinski definition) is 6. The Balaban J connectivity index is 1.39. The van der Waals surface area contributed by atoms with Crippen molar-refractivity contribution in [2.45, 2.75) is 98.8 Å². The first-order valence-electron chi connectivity index (χ1n) is 18.0. The first kappa shape index (κ1) is 33.7. The van der Waals surface area contributed by atoms with Crippen molar-refractivity contribution in [3.8, 4) is 17.4 Å². The molecule has 252 valence electrons. The lowest BCUT2D eigenvalue weighted by molar-refractivity contribution is 0.147. The van der Waals surface area contributed by atoms with Gasteiger partial charge in [0, 0.05) is 35.0 Å². The van der Waals surface area contributed by atoms with Gasteiger partial charge in [0.15, 0.2) is 11.6 Å². The molecule has 6 heteroatoms. The molecular weight excluding hydrogens is 594 g/mol. The van der Waals surface area contributed by atoms with Crippen LogP contribution < -0.4 is 4.74 Å². The summed E-state index contributed by atoms with van der Waals surface area (Å²) in [6, 6.07) is 8.98. The van der Waals surface area contributed by atoms with Crippen LogP contribution in [0.4, 0.5) is 0 Å². The number of nitrogens with zero attached hydrogens (tertiary/aromatic N) is 3. The van der Waals surface area contributed by atoms with Crippen molar-refractivity contribution < 1.29 is 14.6 Å². The second-order valence-corrected chi connectivity index (χ2v) is 14.2. The van der Waals surface area contributed by atoms with Crippen LogP contribution in [0.5, 0.6) is 6.01 Å². The minimum atomic E-state index is -0.197. The van der Waals surface area contributed by atoms with E-state index in [0.29, 0.717) is 55.1 Å². The van der Waals surface area contributed by atoms with Gasteiger partial charge in [0.25, 0.3) is 0 Å². The monoisotopic (exact) mass is 645 g/mol. The van der Waals surface area contributed by atoms with Crippen molar-refractivity contribution in [1.29, 1.82) is 0 Å². The number of benzene rings is 2. The van der Waals surface area contributed by atoms with Crippen LogP contribution in [0.2, 0.25) is 0 Å². The fraction of sp³-hybridized carbons (Fsp3) is 0.452. The summed E-state index contributed by atoms with van der Waals surface area (Å²) in [5, 5.41) is 13.8. The zero-order chi connectivity index (χ0) is 33.8. The molecule has 0 amide bonds. The minimum absolute atomic E-state index is 0.145. The summed E-state index contributed by atoms with van der Waals surface area (Å²) in [7, 11) is 0. The number of aliphatic hydroxyl groups is 1. The van der Waals surface area contributed by atoms with E-state index in [4.69, 9.17) is 24.4 Å². The third-order valence-electron chi connectivity index (χ3n) is 10.4. The number of rotatable bonds is 14. The molecule has 0 radical (unpaired) electrons. The summed E-state index contributed by atoms with van der Waals surface area (Å²) in [5.74, 6) is 2.85. The number of hydrogen-bond donors (Lipinski definition) is 1. The van der Waals surface area contributed by atoms with Crippen LogP contribution in [0.1, 0.15) is 121 Å². The van der Waals surface area contributed by atoms with Crippen molar-refractivity contribution in [2.75, 3.05) is 13.2 Å². The maximum absolute atomic E-state index is 11.3. The van der Waals surface area contributed by atoms with Gasteiger partial charge in [0.2, 0.25) is 0 Å². The lowest BCUT2D eigenvalue weighted by Gasteiger charge is -2.27. The molecule has 1 N–H and O–H groups in total. The minimum Gasteiger partial charge on any atom is -0.507 e. The molecule has 3 aromatic rings. The van der Waals surface area contributed by atoms with Gasteiger partial charge in [-0.1, -0.05) is 108 Å². The van der Waals surface area contributed by atoms with Gasteiger partial charge in [-0.2, -0.15) is 9.97 Å². The first-order chi connectivity index (χ1) is 23.2. The number of unbranched alkanes of at least 4 members (excludes halogenated alkanes) is 1. The molecule has 0 aliphatic heterocycles. The third kappa shape index (κ3) is 6.99. The highest BCUT2D eigenvalue weighted by Crippen LogP contribution is 2.44. The molecule has 0 spiro atoms. The Morgan fingerprint density at radius 1 is 1.02 bits per heavy atom. The van der Waals surface area contributed by atoms with Crippen molar-refractivity contribution in [1.82, 2.24) is 15.0 Å². The molecule has 0 saturated heterocycles. The molecule has 2 unspecified atom stereocenters. The van der Waals surface area contributed by atoms with Crippen molar-refractivity contribution >= 4 is 28.5 Å². The van der Waals surface area contributed by atoms with E-state index in [2.05, 4.69) is 96.2 Å². The number of aliphatic hydroxyl groups excluding tert-OH is 1. The molecule has 1 aromatic heterocycles. The Hall–Kier alpha value is -4.19. The molecule has 0 bridgehead atoms. The highest BCUT2D eigenvalue weighted by atomic mass is 16.5. The van der Waals surface area contributed by atoms with E-state index in [0.717, 1.165) is 36.1 Å². The molecule has 0 fully saturated rings. The van der Waals surface area contributed by atoms with Gasteiger partial charge in [-0.15, -0.1) is 0 Å². The van der Waals surface area contributed by atoms with Gasteiger partial charge in [-0.25, -0.2) is 4.98 Å². The van der Waals surface area contributed by atoms with Crippen LogP contribution in [-0.4, -0.2) is 33.3 Å². The summed E-state index contributed by atoms with van der Waals surface area (Å²) in [6.45, 7) is 14.2. The molecule has 2 atom stereocenters. The second-order valence-electron chi connectivity index (χ2n) is 14.2. The van der Waals surface area contributed by atoms with Crippen LogP contribution in [0, 0.1) is 11.3 Å². The van der Waals surface area contributed by atoms with Crippen molar-refractivity contribution in [2.24, 2.45) is 11.3 Å². The number of aromatic nitrogens is 3. The Morgan fingerprint density at radius 2 is 1.83 bits per heavy atom.